The molecule has 1 aliphatic heterocycles. The normalized spacial score (nSPS) is 20.1. The van der Waals surface area contributed by atoms with Crippen LogP contribution in [0.5, 0.6) is 0 Å². The largest absolute Gasteiger partial charge is 0.370 e. The standard InChI is InChI=1S/C11H15N3O2/c1-8-2-3-10(14(15)16)6-11(8)13-5-4-9(12)7-13/h2-3,6,9H,4-5,7,12H2,1H3. The summed E-state index contributed by atoms with van der Waals surface area (Å²) in [5, 5.41) is 10.7. The molecule has 1 saturated heterocycles. The minimum atomic E-state index is -0.362. The molecule has 2 N–H and O–H groups in total. The summed E-state index contributed by atoms with van der Waals surface area (Å²) in [6.07, 6.45) is 0.947. The number of nitro groups is 1. The zero-order valence-electron chi connectivity index (χ0n) is 9.22. The summed E-state index contributed by atoms with van der Waals surface area (Å²) in [4.78, 5) is 12.5. The number of hydrogen-bond donors (Lipinski definition) is 1. The van der Waals surface area contributed by atoms with Crippen molar-refractivity contribution in [1.29, 1.82) is 0 Å². The van der Waals surface area contributed by atoms with Gasteiger partial charge in [-0.05, 0) is 18.9 Å². The van der Waals surface area contributed by atoms with Crippen LogP contribution in [0.3, 0.4) is 0 Å². The van der Waals surface area contributed by atoms with Crippen molar-refractivity contribution in [2.24, 2.45) is 5.73 Å². The molecule has 86 valence electrons. The first-order valence-corrected chi connectivity index (χ1v) is 5.33. The maximum atomic E-state index is 10.7. The molecule has 5 nitrogen and oxygen atoms in total. The highest BCUT2D eigenvalue weighted by Crippen LogP contribution is 2.27. The highest BCUT2D eigenvalue weighted by molar-refractivity contribution is 5.59. The topological polar surface area (TPSA) is 72.4 Å². The van der Waals surface area contributed by atoms with Crippen LogP contribution in [0.4, 0.5) is 11.4 Å². The summed E-state index contributed by atoms with van der Waals surface area (Å²) < 4.78 is 0. The average Bonchev–Trinajstić information content (AvgIpc) is 2.65. The van der Waals surface area contributed by atoms with Crippen molar-refractivity contribution in [2.45, 2.75) is 19.4 Å². The van der Waals surface area contributed by atoms with Crippen LogP contribution in [0.1, 0.15) is 12.0 Å². The van der Waals surface area contributed by atoms with Crippen molar-refractivity contribution in [3.63, 3.8) is 0 Å². The highest BCUT2D eigenvalue weighted by Gasteiger charge is 2.22. The number of nitrogens with two attached hydrogens (primary N) is 1. The Morgan fingerprint density at radius 3 is 2.88 bits per heavy atom. The Morgan fingerprint density at radius 2 is 2.31 bits per heavy atom. The SMILES string of the molecule is Cc1ccc([N+](=O)[O-])cc1N1CCC(N)C1. The molecule has 0 amide bonds. The second kappa shape index (κ2) is 4.09. The van der Waals surface area contributed by atoms with Crippen LogP contribution >= 0.6 is 0 Å². The van der Waals surface area contributed by atoms with E-state index in [1.54, 1.807) is 12.1 Å². The van der Waals surface area contributed by atoms with Crippen LogP contribution in [0.15, 0.2) is 18.2 Å². The lowest BCUT2D eigenvalue weighted by Gasteiger charge is -2.20. The molecule has 1 unspecified atom stereocenters. The molecular formula is C11H15N3O2. The fraction of sp³-hybridized carbons (Fsp3) is 0.455. The van der Waals surface area contributed by atoms with E-state index in [1.807, 2.05) is 6.92 Å². The summed E-state index contributed by atoms with van der Waals surface area (Å²) in [5.41, 5.74) is 7.96. The van der Waals surface area contributed by atoms with Crippen LogP contribution in [0.2, 0.25) is 0 Å². The monoisotopic (exact) mass is 221 g/mol. The number of aryl methyl sites for hydroxylation is 1. The van der Waals surface area contributed by atoms with Crippen molar-refractivity contribution in [1.82, 2.24) is 0 Å². The van der Waals surface area contributed by atoms with E-state index in [2.05, 4.69) is 4.90 Å². The van der Waals surface area contributed by atoms with Gasteiger partial charge in [-0.15, -0.1) is 0 Å². The number of nitrogens with zero attached hydrogens (tertiary/aromatic N) is 2. The van der Waals surface area contributed by atoms with Crippen molar-refractivity contribution >= 4 is 11.4 Å². The first kappa shape index (κ1) is 10.9. The van der Waals surface area contributed by atoms with Crippen molar-refractivity contribution in [2.75, 3.05) is 18.0 Å². The molecule has 16 heavy (non-hydrogen) atoms. The first-order chi connectivity index (χ1) is 7.58. The maximum absolute atomic E-state index is 10.7. The number of non-ortho nitro benzene ring substituents is 1. The van der Waals surface area contributed by atoms with Gasteiger partial charge < -0.3 is 10.6 Å². The number of anilines is 1. The summed E-state index contributed by atoms with van der Waals surface area (Å²) >= 11 is 0. The van der Waals surface area contributed by atoms with Crippen molar-refractivity contribution in [3.05, 3.63) is 33.9 Å². The van der Waals surface area contributed by atoms with Gasteiger partial charge in [0.1, 0.15) is 0 Å². The van der Waals surface area contributed by atoms with E-state index in [1.165, 1.54) is 6.07 Å². The van der Waals surface area contributed by atoms with Crippen LogP contribution in [0, 0.1) is 17.0 Å². The lowest BCUT2D eigenvalue weighted by atomic mass is 10.1. The van der Waals surface area contributed by atoms with E-state index < -0.39 is 0 Å². The van der Waals surface area contributed by atoms with E-state index in [-0.39, 0.29) is 16.7 Å². The van der Waals surface area contributed by atoms with Crippen LogP contribution in [-0.2, 0) is 0 Å². The number of hydrogen-bond acceptors (Lipinski definition) is 4. The Labute approximate surface area is 94.0 Å². The number of nitro benzene ring substituents is 1. The molecule has 0 bridgehead atoms. The van der Waals surface area contributed by atoms with Gasteiger partial charge >= 0.3 is 0 Å². The Morgan fingerprint density at radius 1 is 1.56 bits per heavy atom. The number of rotatable bonds is 2. The van der Waals surface area contributed by atoms with E-state index >= 15 is 0 Å². The predicted molar refractivity (Wildman–Crippen MR) is 62.6 cm³/mol. The zero-order chi connectivity index (χ0) is 11.7. The van der Waals surface area contributed by atoms with Crippen molar-refractivity contribution < 1.29 is 4.92 Å². The summed E-state index contributed by atoms with van der Waals surface area (Å²) in [7, 11) is 0. The summed E-state index contributed by atoms with van der Waals surface area (Å²) in [6.45, 7) is 3.62. The van der Waals surface area contributed by atoms with Crippen LogP contribution in [0.25, 0.3) is 0 Å². The van der Waals surface area contributed by atoms with Gasteiger partial charge in [0.25, 0.3) is 5.69 Å². The van der Waals surface area contributed by atoms with Gasteiger partial charge in [0.2, 0.25) is 0 Å². The zero-order valence-corrected chi connectivity index (χ0v) is 9.22. The molecule has 1 aromatic carbocycles. The molecule has 1 aromatic rings. The molecule has 0 radical (unpaired) electrons. The number of benzene rings is 1. The van der Waals surface area contributed by atoms with E-state index in [0.717, 1.165) is 30.8 Å². The summed E-state index contributed by atoms with van der Waals surface area (Å²) in [5.74, 6) is 0. The van der Waals surface area contributed by atoms with Crippen molar-refractivity contribution in [3.8, 4) is 0 Å². The van der Waals surface area contributed by atoms with Gasteiger partial charge in [0, 0.05) is 37.0 Å². The Hall–Kier alpha value is -1.62. The van der Waals surface area contributed by atoms with E-state index in [9.17, 15) is 10.1 Å². The molecule has 1 heterocycles. The third-order valence-corrected chi connectivity index (χ3v) is 2.97. The lowest BCUT2D eigenvalue weighted by molar-refractivity contribution is -0.384. The van der Waals surface area contributed by atoms with Crippen LogP contribution < -0.4 is 10.6 Å². The molecule has 1 fully saturated rings. The molecule has 0 aliphatic carbocycles. The van der Waals surface area contributed by atoms with Gasteiger partial charge in [-0.25, -0.2) is 0 Å². The quantitative estimate of drug-likeness (QED) is 0.606. The fourth-order valence-corrected chi connectivity index (χ4v) is 2.06. The minimum Gasteiger partial charge on any atom is -0.370 e. The first-order valence-electron chi connectivity index (χ1n) is 5.33. The summed E-state index contributed by atoms with van der Waals surface area (Å²) in [6, 6.07) is 5.14. The highest BCUT2D eigenvalue weighted by atomic mass is 16.6. The Balaban J connectivity index is 2.32. The smallest absolute Gasteiger partial charge is 0.271 e. The molecule has 2 rings (SSSR count). The third kappa shape index (κ3) is 1.99. The fourth-order valence-electron chi connectivity index (χ4n) is 2.06. The average molecular weight is 221 g/mol. The molecule has 0 saturated carbocycles. The van der Waals surface area contributed by atoms with Gasteiger partial charge in [0.15, 0.2) is 0 Å². The van der Waals surface area contributed by atoms with E-state index in [0.29, 0.717) is 0 Å². The lowest BCUT2D eigenvalue weighted by Crippen LogP contribution is -2.26. The minimum absolute atomic E-state index is 0.140. The van der Waals surface area contributed by atoms with Crippen LogP contribution in [-0.4, -0.2) is 24.1 Å². The molecule has 0 aromatic heterocycles. The van der Waals surface area contributed by atoms with Gasteiger partial charge in [0.05, 0.1) is 4.92 Å². The molecule has 0 spiro atoms. The Bertz CT molecular complexity index is 420. The third-order valence-electron chi connectivity index (χ3n) is 2.97. The van der Waals surface area contributed by atoms with E-state index in [4.69, 9.17) is 5.73 Å². The Kier molecular flexibility index (Phi) is 2.78. The molecule has 1 aliphatic rings. The second-order valence-electron chi connectivity index (χ2n) is 4.22. The molecule has 1 atom stereocenters. The maximum Gasteiger partial charge on any atom is 0.271 e. The molecule has 5 heteroatoms. The molecular weight excluding hydrogens is 206 g/mol. The van der Waals surface area contributed by atoms with Gasteiger partial charge in [-0.2, -0.15) is 0 Å². The van der Waals surface area contributed by atoms with Gasteiger partial charge in [-0.3, -0.25) is 10.1 Å². The predicted octanol–water partition coefficient (Wildman–Crippen LogP) is 1.44. The second-order valence-corrected chi connectivity index (χ2v) is 4.22. The van der Waals surface area contributed by atoms with Gasteiger partial charge in [-0.1, -0.05) is 6.07 Å².